The molecule has 4 N–H and O–H groups in total. The van der Waals surface area contributed by atoms with Crippen LogP contribution in [0.3, 0.4) is 0 Å². The lowest BCUT2D eigenvalue weighted by Gasteiger charge is -2.34. The summed E-state index contributed by atoms with van der Waals surface area (Å²) in [5.41, 5.74) is 0.141. The van der Waals surface area contributed by atoms with E-state index in [0.717, 1.165) is 10.8 Å². The normalized spacial score (nSPS) is 18.1. The second kappa shape index (κ2) is 11.3. The highest BCUT2D eigenvalue weighted by Gasteiger charge is 2.48. The minimum absolute atomic E-state index is 0.0576. The lowest BCUT2D eigenvalue weighted by Crippen LogP contribution is -2.54. The first-order valence-electron chi connectivity index (χ1n) is 13.0. The molecule has 4 rings (SSSR count). The number of benzene rings is 3. The van der Waals surface area contributed by atoms with E-state index in [1.807, 2.05) is 43.3 Å². The number of carbonyl (C=O) groups is 3. The summed E-state index contributed by atoms with van der Waals surface area (Å²) in [6, 6.07) is 16.7. The minimum atomic E-state index is -1.33. The molecular formula is C30H35N3O6. The lowest BCUT2D eigenvalue weighted by molar-refractivity contribution is -0.142. The molecule has 0 radical (unpaired) electrons. The van der Waals surface area contributed by atoms with E-state index in [2.05, 4.69) is 10.6 Å². The number of hydrogen-bond acceptors (Lipinski definition) is 6. The van der Waals surface area contributed by atoms with Crippen LogP contribution >= 0.6 is 0 Å². The van der Waals surface area contributed by atoms with Gasteiger partial charge in [0.15, 0.2) is 0 Å². The van der Waals surface area contributed by atoms with Crippen molar-refractivity contribution in [3.8, 4) is 5.75 Å². The van der Waals surface area contributed by atoms with E-state index in [9.17, 15) is 24.6 Å². The van der Waals surface area contributed by atoms with Gasteiger partial charge in [0, 0.05) is 11.7 Å². The molecule has 4 atom stereocenters. The fraction of sp³-hybridized carbons (Fsp3) is 0.367. The Morgan fingerprint density at radius 2 is 1.72 bits per heavy atom. The molecule has 0 spiro atoms. The molecule has 3 aromatic rings. The molecule has 0 heterocycles. The van der Waals surface area contributed by atoms with Crippen molar-refractivity contribution < 1.29 is 29.3 Å². The lowest BCUT2D eigenvalue weighted by atomic mass is 10.0. The Morgan fingerprint density at radius 1 is 1.03 bits per heavy atom. The number of nitrogens with zero attached hydrogens (tertiary/aromatic N) is 1. The SMILES string of the molecule is CC1CC1N(C(=O)C(CO)NC(=O)OC(C)(C)C)C(C(=O)Nc1ccc2ccccc2c1)c1cccc(O)c1. The number of carbonyl (C=O) groups excluding carboxylic acids is 3. The molecule has 0 aliphatic heterocycles. The van der Waals surface area contributed by atoms with Gasteiger partial charge < -0.3 is 30.5 Å². The first-order valence-corrected chi connectivity index (χ1v) is 13.0. The van der Waals surface area contributed by atoms with Crippen LogP contribution in [0.2, 0.25) is 0 Å². The quantitative estimate of drug-likeness (QED) is 0.341. The predicted octanol–water partition coefficient (Wildman–Crippen LogP) is 4.35. The Bertz CT molecular complexity index is 1370. The molecule has 1 saturated carbocycles. The average molecular weight is 534 g/mol. The van der Waals surface area contributed by atoms with Crippen LogP contribution in [-0.2, 0) is 14.3 Å². The molecule has 1 aliphatic rings. The van der Waals surface area contributed by atoms with Gasteiger partial charge in [-0.2, -0.15) is 0 Å². The maximum Gasteiger partial charge on any atom is 0.408 e. The highest BCUT2D eigenvalue weighted by Crippen LogP contribution is 2.41. The van der Waals surface area contributed by atoms with E-state index in [4.69, 9.17) is 4.74 Å². The number of rotatable bonds is 8. The Labute approximate surface area is 227 Å². The number of phenols is 1. The molecule has 0 saturated heterocycles. The van der Waals surface area contributed by atoms with Gasteiger partial charge in [0.05, 0.1) is 6.61 Å². The van der Waals surface area contributed by atoms with Crippen LogP contribution in [-0.4, -0.2) is 57.3 Å². The third-order valence-electron chi connectivity index (χ3n) is 6.58. The number of nitrogens with one attached hydrogen (secondary N) is 2. The summed E-state index contributed by atoms with van der Waals surface area (Å²) in [6.45, 7) is 6.34. The number of aromatic hydroxyl groups is 1. The zero-order valence-electron chi connectivity index (χ0n) is 22.5. The van der Waals surface area contributed by atoms with Gasteiger partial charge in [0.25, 0.3) is 5.91 Å². The van der Waals surface area contributed by atoms with Gasteiger partial charge in [0.1, 0.15) is 23.4 Å². The van der Waals surface area contributed by atoms with Crippen LogP contribution in [0.25, 0.3) is 10.8 Å². The van der Waals surface area contributed by atoms with E-state index in [-0.39, 0.29) is 17.7 Å². The topological polar surface area (TPSA) is 128 Å². The summed E-state index contributed by atoms with van der Waals surface area (Å²) in [6.07, 6.45) is -0.206. The van der Waals surface area contributed by atoms with Crippen LogP contribution in [0.4, 0.5) is 10.5 Å². The zero-order valence-corrected chi connectivity index (χ0v) is 22.5. The molecule has 3 amide bonds. The number of fused-ring (bicyclic) bond motifs is 1. The fourth-order valence-corrected chi connectivity index (χ4v) is 4.60. The number of phenolic OH excluding ortho intramolecular Hbond substituents is 1. The second-order valence-electron chi connectivity index (χ2n) is 11.0. The fourth-order valence-electron chi connectivity index (χ4n) is 4.60. The third kappa shape index (κ3) is 6.86. The largest absolute Gasteiger partial charge is 0.508 e. The number of aliphatic hydroxyl groups is 1. The van der Waals surface area contributed by atoms with E-state index >= 15 is 0 Å². The smallest absolute Gasteiger partial charge is 0.408 e. The van der Waals surface area contributed by atoms with Crippen LogP contribution in [0.15, 0.2) is 66.7 Å². The number of amides is 3. The van der Waals surface area contributed by atoms with E-state index in [0.29, 0.717) is 17.7 Å². The molecule has 3 aromatic carbocycles. The predicted molar refractivity (Wildman–Crippen MR) is 148 cm³/mol. The monoisotopic (exact) mass is 533 g/mol. The van der Waals surface area contributed by atoms with Crippen LogP contribution in [0, 0.1) is 5.92 Å². The molecule has 39 heavy (non-hydrogen) atoms. The summed E-state index contributed by atoms with van der Waals surface area (Å²) in [4.78, 5) is 41.6. The van der Waals surface area contributed by atoms with Crippen molar-refractivity contribution in [2.45, 2.75) is 57.8 Å². The van der Waals surface area contributed by atoms with E-state index < -0.39 is 42.2 Å². The maximum atomic E-state index is 13.9. The Morgan fingerprint density at radius 3 is 2.33 bits per heavy atom. The van der Waals surface area contributed by atoms with Gasteiger partial charge in [0.2, 0.25) is 5.91 Å². The van der Waals surface area contributed by atoms with Crippen LogP contribution < -0.4 is 10.6 Å². The number of anilines is 1. The molecular weight excluding hydrogens is 498 g/mol. The highest BCUT2D eigenvalue weighted by atomic mass is 16.6. The first kappa shape index (κ1) is 27.9. The zero-order chi connectivity index (χ0) is 28.3. The second-order valence-corrected chi connectivity index (χ2v) is 11.0. The molecule has 0 bridgehead atoms. The standard InChI is InChI=1S/C30H35N3O6/c1-18-14-25(18)33(28(37)24(17-34)32-29(38)39-30(2,3)4)26(21-10-7-11-23(35)16-21)27(36)31-22-13-12-19-8-5-6-9-20(19)15-22/h5-13,15-16,18,24-26,34-35H,14,17H2,1-4H3,(H,31,36)(H,32,38). The molecule has 206 valence electrons. The summed E-state index contributed by atoms with van der Waals surface area (Å²) in [7, 11) is 0. The Hall–Kier alpha value is -4.11. The van der Waals surface area contributed by atoms with Crippen LogP contribution in [0.1, 0.15) is 45.7 Å². The summed E-state index contributed by atoms with van der Waals surface area (Å²) in [5.74, 6) is -1.07. The van der Waals surface area contributed by atoms with E-state index in [1.165, 1.54) is 17.0 Å². The molecule has 1 aliphatic carbocycles. The van der Waals surface area contributed by atoms with Crippen molar-refractivity contribution in [2.24, 2.45) is 5.92 Å². The number of alkyl carbamates (subject to hydrolysis) is 1. The minimum Gasteiger partial charge on any atom is -0.508 e. The van der Waals surface area contributed by atoms with Crippen molar-refractivity contribution in [2.75, 3.05) is 11.9 Å². The van der Waals surface area contributed by atoms with Crippen molar-refractivity contribution in [3.63, 3.8) is 0 Å². The first-order chi connectivity index (χ1) is 18.5. The summed E-state index contributed by atoms with van der Waals surface area (Å²) in [5, 5.41) is 27.6. The Kier molecular flexibility index (Phi) is 8.11. The van der Waals surface area contributed by atoms with Crippen molar-refractivity contribution in [1.82, 2.24) is 10.2 Å². The van der Waals surface area contributed by atoms with Gasteiger partial charge >= 0.3 is 6.09 Å². The molecule has 0 aromatic heterocycles. The molecule has 9 heteroatoms. The number of ether oxygens (including phenoxy) is 1. The third-order valence-corrected chi connectivity index (χ3v) is 6.58. The van der Waals surface area contributed by atoms with Gasteiger partial charge in [-0.15, -0.1) is 0 Å². The number of hydrogen-bond donors (Lipinski definition) is 4. The molecule has 4 unspecified atom stereocenters. The van der Waals surface area contributed by atoms with E-state index in [1.54, 1.807) is 39.0 Å². The maximum absolute atomic E-state index is 13.9. The van der Waals surface area contributed by atoms with Gasteiger partial charge in [-0.1, -0.05) is 49.4 Å². The van der Waals surface area contributed by atoms with Crippen LogP contribution in [0.5, 0.6) is 5.75 Å². The van der Waals surface area contributed by atoms with Gasteiger partial charge in [-0.25, -0.2) is 4.79 Å². The molecule has 9 nitrogen and oxygen atoms in total. The average Bonchev–Trinajstić information content (AvgIpc) is 3.59. The summed E-state index contributed by atoms with van der Waals surface area (Å²) < 4.78 is 5.28. The van der Waals surface area contributed by atoms with Crippen molar-refractivity contribution in [1.29, 1.82) is 0 Å². The molecule has 1 fully saturated rings. The van der Waals surface area contributed by atoms with Crippen molar-refractivity contribution in [3.05, 3.63) is 72.3 Å². The summed E-state index contributed by atoms with van der Waals surface area (Å²) >= 11 is 0. The highest BCUT2D eigenvalue weighted by molar-refractivity contribution is 6.00. The van der Waals surface area contributed by atoms with Gasteiger partial charge in [-0.3, -0.25) is 9.59 Å². The number of aliphatic hydroxyl groups excluding tert-OH is 1. The van der Waals surface area contributed by atoms with Crippen molar-refractivity contribution >= 4 is 34.4 Å². The Balaban J connectivity index is 1.69. The van der Waals surface area contributed by atoms with Gasteiger partial charge in [-0.05, 0) is 73.7 Å².